The first-order valence-electron chi connectivity index (χ1n) is 6.01. The van der Waals surface area contributed by atoms with Crippen molar-refractivity contribution in [2.24, 2.45) is 0 Å². The lowest BCUT2D eigenvalue weighted by atomic mass is 10.1. The van der Waals surface area contributed by atoms with Crippen LogP contribution in [-0.4, -0.2) is 56.7 Å². The van der Waals surface area contributed by atoms with Crippen LogP contribution in [0.2, 0.25) is 0 Å². The number of carboxylic acid groups (broad SMARTS) is 1. The summed E-state index contributed by atoms with van der Waals surface area (Å²) in [6.07, 6.45) is 2.30. The number of nitrogens with one attached hydrogen (secondary N) is 1. The number of carbonyl (C=O) groups excluding carboxylic acids is 1. The van der Waals surface area contributed by atoms with Crippen molar-refractivity contribution in [3.8, 4) is 0 Å². The standard InChI is InChI=1S/C11H18N2O3S2/c1-11(3-2-4-18-11)6-12-10(16)13-7-17-5-8(13)9(14)15/h8H,2-7H2,1H3,(H,12,16)(H,14,15). The first kappa shape index (κ1) is 13.9. The molecule has 2 fully saturated rings. The third-order valence-corrected chi connectivity index (χ3v) is 5.89. The maximum Gasteiger partial charge on any atom is 0.327 e. The fourth-order valence-corrected chi connectivity index (χ4v) is 4.58. The summed E-state index contributed by atoms with van der Waals surface area (Å²) < 4.78 is 0.112. The number of carboxylic acids is 1. The number of amides is 2. The van der Waals surface area contributed by atoms with Gasteiger partial charge in [-0.1, -0.05) is 0 Å². The van der Waals surface area contributed by atoms with Gasteiger partial charge in [-0.3, -0.25) is 0 Å². The molecule has 0 saturated carbocycles. The molecular formula is C11H18N2O3S2. The highest BCUT2D eigenvalue weighted by atomic mass is 32.2. The van der Waals surface area contributed by atoms with Crippen molar-refractivity contribution in [1.29, 1.82) is 0 Å². The van der Waals surface area contributed by atoms with E-state index in [0.717, 1.165) is 12.2 Å². The average molecular weight is 290 g/mol. The van der Waals surface area contributed by atoms with Gasteiger partial charge in [0.25, 0.3) is 0 Å². The van der Waals surface area contributed by atoms with E-state index in [1.165, 1.54) is 23.1 Å². The molecule has 2 saturated heterocycles. The number of carbonyl (C=O) groups is 2. The van der Waals surface area contributed by atoms with Crippen LogP contribution in [0.1, 0.15) is 19.8 Å². The van der Waals surface area contributed by atoms with Crippen LogP contribution in [0.4, 0.5) is 4.79 Å². The van der Waals surface area contributed by atoms with Gasteiger partial charge < -0.3 is 15.3 Å². The Morgan fingerprint density at radius 2 is 2.33 bits per heavy atom. The minimum absolute atomic E-state index is 0.112. The number of rotatable bonds is 3. The molecule has 0 spiro atoms. The zero-order valence-electron chi connectivity index (χ0n) is 10.3. The highest BCUT2D eigenvalue weighted by molar-refractivity contribution is 8.00. The van der Waals surface area contributed by atoms with Crippen molar-refractivity contribution in [1.82, 2.24) is 10.2 Å². The lowest BCUT2D eigenvalue weighted by molar-refractivity contribution is -0.140. The molecule has 2 atom stereocenters. The highest BCUT2D eigenvalue weighted by Gasteiger charge is 2.36. The van der Waals surface area contributed by atoms with Gasteiger partial charge in [0.05, 0.1) is 5.88 Å². The molecule has 2 aliphatic heterocycles. The van der Waals surface area contributed by atoms with E-state index in [1.807, 2.05) is 11.8 Å². The number of hydrogen-bond donors (Lipinski definition) is 2. The lowest BCUT2D eigenvalue weighted by Gasteiger charge is -2.26. The largest absolute Gasteiger partial charge is 0.480 e. The summed E-state index contributed by atoms with van der Waals surface area (Å²) in [5.74, 6) is 1.17. The summed E-state index contributed by atoms with van der Waals surface area (Å²) >= 11 is 3.36. The minimum atomic E-state index is -0.920. The summed E-state index contributed by atoms with van der Waals surface area (Å²) in [5, 5.41) is 11.9. The van der Waals surface area contributed by atoms with Crippen LogP contribution in [0.3, 0.4) is 0 Å². The van der Waals surface area contributed by atoms with E-state index in [1.54, 1.807) is 0 Å². The molecule has 5 nitrogen and oxygen atoms in total. The molecule has 2 heterocycles. The van der Waals surface area contributed by atoms with Gasteiger partial charge in [-0.2, -0.15) is 11.8 Å². The summed E-state index contributed by atoms with van der Waals surface area (Å²) in [5.41, 5.74) is 0. The monoisotopic (exact) mass is 290 g/mol. The topological polar surface area (TPSA) is 69.6 Å². The predicted octanol–water partition coefficient (Wildman–Crippen LogP) is 1.44. The molecule has 2 N–H and O–H groups in total. The van der Waals surface area contributed by atoms with Crippen LogP contribution in [0.5, 0.6) is 0 Å². The Bertz CT molecular complexity index is 345. The predicted molar refractivity (Wildman–Crippen MR) is 74.1 cm³/mol. The molecule has 2 unspecified atom stereocenters. The third kappa shape index (κ3) is 3.06. The molecule has 0 aromatic heterocycles. The van der Waals surface area contributed by atoms with E-state index < -0.39 is 12.0 Å². The van der Waals surface area contributed by atoms with Crippen molar-refractivity contribution < 1.29 is 14.7 Å². The van der Waals surface area contributed by atoms with Gasteiger partial charge in [0, 0.05) is 17.0 Å². The van der Waals surface area contributed by atoms with Gasteiger partial charge in [0.1, 0.15) is 6.04 Å². The van der Waals surface area contributed by atoms with Gasteiger partial charge in [0.2, 0.25) is 0 Å². The highest BCUT2D eigenvalue weighted by Crippen LogP contribution is 2.37. The fourth-order valence-electron chi connectivity index (χ4n) is 2.19. The van der Waals surface area contributed by atoms with E-state index in [2.05, 4.69) is 12.2 Å². The molecule has 102 valence electrons. The quantitative estimate of drug-likeness (QED) is 0.823. The van der Waals surface area contributed by atoms with E-state index >= 15 is 0 Å². The molecule has 0 aliphatic carbocycles. The summed E-state index contributed by atoms with van der Waals surface area (Å²) in [6, 6.07) is -0.930. The van der Waals surface area contributed by atoms with Crippen molar-refractivity contribution in [2.45, 2.75) is 30.6 Å². The fraction of sp³-hybridized carbons (Fsp3) is 0.818. The Morgan fingerprint density at radius 1 is 1.56 bits per heavy atom. The summed E-state index contributed by atoms with van der Waals surface area (Å²) in [7, 11) is 0. The number of nitrogens with zero attached hydrogens (tertiary/aromatic N) is 1. The zero-order valence-corrected chi connectivity index (χ0v) is 12.0. The molecule has 2 rings (SSSR count). The van der Waals surface area contributed by atoms with E-state index in [0.29, 0.717) is 18.2 Å². The molecule has 0 radical (unpaired) electrons. The number of urea groups is 1. The maximum atomic E-state index is 12.0. The molecule has 0 bridgehead atoms. The van der Waals surface area contributed by atoms with Crippen molar-refractivity contribution in [2.75, 3.05) is 23.9 Å². The Morgan fingerprint density at radius 3 is 2.94 bits per heavy atom. The van der Waals surface area contributed by atoms with Crippen LogP contribution in [0, 0.1) is 0 Å². The second-order valence-corrected chi connectivity index (χ2v) is 7.57. The summed E-state index contributed by atoms with van der Waals surface area (Å²) in [6.45, 7) is 2.77. The summed E-state index contributed by atoms with van der Waals surface area (Å²) in [4.78, 5) is 24.4. The SMILES string of the molecule is CC1(CNC(=O)N2CSCC2C(=O)O)CCCS1. The van der Waals surface area contributed by atoms with Crippen LogP contribution >= 0.6 is 23.5 Å². The molecule has 0 aromatic rings. The Hall–Kier alpha value is -0.560. The van der Waals surface area contributed by atoms with Crippen LogP contribution < -0.4 is 5.32 Å². The molecular weight excluding hydrogens is 272 g/mol. The molecule has 7 heteroatoms. The second kappa shape index (κ2) is 5.61. The van der Waals surface area contributed by atoms with Gasteiger partial charge in [0.15, 0.2) is 0 Å². The normalized spacial score (nSPS) is 31.6. The number of thioether (sulfide) groups is 2. The lowest BCUT2D eigenvalue weighted by Crippen LogP contribution is -2.49. The van der Waals surface area contributed by atoms with E-state index in [9.17, 15) is 9.59 Å². The van der Waals surface area contributed by atoms with Crippen molar-refractivity contribution in [3.05, 3.63) is 0 Å². The number of hydrogen-bond acceptors (Lipinski definition) is 4. The van der Waals surface area contributed by atoms with Crippen LogP contribution in [0.25, 0.3) is 0 Å². The van der Waals surface area contributed by atoms with E-state index in [4.69, 9.17) is 5.11 Å². The Balaban J connectivity index is 1.86. The zero-order chi connectivity index (χ0) is 13.2. The Kier molecular flexibility index (Phi) is 4.32. The molecule has 0 aromatic carbocycles. The maximum absolute atomic E-state index is 12.0. The Labute approximate surface area is 115 Å². The number of aliphatic carboxylic acids is 1. The van der Waals surface area contributed by atoms with Gasteiger partial charge in [-0.05, 0) is 25.5 Å². The average Bonchev–Trinajstić information content (AvgIpc) is 2.95. The van der Waals surface area contributed by atoms with Crippen LogP contribution in [-0.2, 0) is 4.79 Å². The smallest absolute Gasteiger partial charge is 0.327 e. The minimum Gasteiger partial charge on any atom is -0.480 e. The van der Waals surface area contributed by atoms with Gasteiger partial charge in [-0.15, -0.1) is 11.8 Å². The molecule has 2 amide bonds. The van der Waals surface area contributed by atoms with Crippen molar-refractivity contribution >= 4 is 35.5 Å². The van der Waals surface area contributed by atoms with Crippen LogP contribution in [0.15, 0.2) is 0 Å². The van der Waals surface area contributed by atoms with Crippen molar-refractivity contribution in [3.63, 3.8) is 0 Å². The molecule has 18 heavy (non-hydrogen) atoms. The van der Waals surface area contributed by atoms with Gasteiger partial charge >= 0.3 is 12.0 Å². The first-order chi connectivity index (χ1) is 8.52. The third-order valence-electron chi connectivity index (χ3n) is 3.34. The van der Waals surface area contributed by atoms with Gasteiger partial charge in [-0.25, -0.2) is 9.59 Å². The molecule has 2 aliphatic rings. The first-order valence-corrected chi connectivity index (χ1v) is 8.15. The second-order valence-electron chi connectivity index (χ2n) is 4.88. The van der Waals surface area contributed by atoms with E-state index in [-0.39, 0.29) is 10.8 Å².